The van der Waals surface area contributed by atoms with Crippen molar-refractivity contribution >= 4 is 29.5 Å². The van der Waals surface area contributed by atoms with E-state index in [4.69, 9.17) is 25.8 Å². The molecule has 8 heteroatoms. The van der Waals surface area contributed by atoms with Crippen LogP contribution in [-0.4, -0.2) is 54.3 Å². The minimum atomic E-state index is -2.29. The van der Waals surface area contributed by atoms with Gasteiger partial charge in [-0.2, -0.15) is 0 Å². The molecule has 7 nitrogen and oxygen atoms in total. The average molecular weight is 804 g/mol. The van der Waals surface area contributed by atoms with Crippen LogP contribution in [0.5, 0.6) is 0 Å². The molecule has 328 valence electrons. The lowest BCUT2D eigenvalue weighted by atomic mass is 9.95. The molecule has 0 aliphatic rings. The van der Waals surface area contributed by atoms with E-state index in [1.807, 2.05) is 0 Å². The molecule has 1 N–H and O–H groups in total. The summed E-state index contributed by atoms with van der Waals surface area (Å²) < 4.78 is 16.1. The van der Waals surface area contributed by atoms with Crippen LogP contribution in [0, 0.1) is 0 Å². The molecule has 55 heavy (non-hydrogen) atoms. The summed E-state index contributed by atoms with van der Waals surface area (Å²) in [7, 11) is 0. The van der Waals surface area contributed by atoms with Gasteiger partial charge >= 0.3 is 17.9 Å². The zero-order valence-electron chi connectivity index (χ0n) is 36.9. The van der Waals surface area contributed by atoms with Gasteiger partial charge in [-0.1, -0.05) is 214 Å². The Kier molecular flexibility index (Phi) is 46.0. The molecule has 0 saturated heterocycles. The summed E-state index contributed by atoms with van der Waals surface area (Å²) in [6, 6.07) is 0. The molecule has 0 heterocycles. The predicted molar refractivity (Wildman–Crippen MR) is 233 cm³/mol. The van der Waals surface area contributed by atoms with Crippen LogP contribution in [0.2, 0.25) is 0 Å². The number of aliphatic hydroxyl groups is 1. The standard InChI is InChI=1S/C42H80O7.C5H11Cl/c1-4-7-10-13-16-19-22-25-28-31-34-47-39(43)37-42(46,41(45)49-36-33-30-27-24-21-18-15-12-9-6-3)38-40(44)48-35-32-29-26-23-20-17-14-11-8-5-2;1-2-3-4-5-6/h46H,4-38H2,1-3H3;2-5H2,1H3. The van der Waals surface area contributed by atoms with Gasteiger partial charge in [0, 0.05) is 5.88 Å². The fourth-order valence-corrected chi connectivity index (χ4v) is 6.76. The van der Waals surface area contributed by atoms with E-state index in [2.05, 4.69) is 27.7 Å². The molecule has 0 radical (unpaired) electrons. The number of halogens is 1. The maximum atomic E-state index is 13.0. The number of alkyl halides is 1. The molecule has 0 saturated carbocycles. The number of hydrogen-bond acceptors (Lipinski definition) is 7. The smallest absolute Gasteiger partial charge is 0.339 e. The molecule has 0 fully saturated rings. The van der Waals surface area contributed by atoms with Gasteiger partial charge in [0.2, 0.25) is 0 Å². The number of rotatable bonds is 41. The summed E-state index contributed by atoms with van der Waals surface area (Å²) >= 11 is 5.38. The minimum Gasteiger partial charge on any atom is -0.466 e. The summed E-state index contributed by atoms with van der Waals surface area (Å²) in [6.45, 7) is 9.49. The largest absolute Gasteiger partial charge is 0.466 e. The Morgan fingerprint density at radius 2 is 0.618 bits per heavy atom. The van der Waals surface area contributed by atoms with Gasteiger partial charge < -0.3 is 19.3 Å². The molecular weight excluding hydrogens is 712 g/mol. The topological polar surface area (TPSA) is 99.1 Å². The highest BCUT2D eigenvalue weighted by Crippen LogP contribution is 2.21. The molecule has 0 aromatic heterocycles. The second kappa shape index (κ2) is 45.4. The number of carbonyl (C=O) groups is 3. The predicted octanol–water partition coefficient (Wildman–Crippen LogP) is 14.3. The van der Waals surface area contributed by atoms with Gasteiger partial charge in [0.15, 0.2) is 5.60 Å². The first-order valence-electron chi connectivity index (χ1n) is 23.6. The van der Waals surface area contributed by atoms with Crippen LogP contribution in [-0.2, 0) is 28.6 Å². The van der Waals surface area contributed by atoms with E-state index in [-0.39, 0.29) is 19.8 Å². The van der Waals surface area contributed by atoms with Crippen LogP contribution in [0.25, 0.3) is 0 Å². The third kappa shape index (κ3) is 42.1. The van der Waals surface area contributed by atoms with E-state index in [1.165, 1.54) is 154 Å². The Balaban J connectivity index is 0. The lowest BCUT2D eigenvalue weighted by Crippen LogP contribution is -2.45. The van der Waals surface area contributed by atoms with Crippen molar-refractivity contribution < 1.29 is 33.7 Å². The second-order valence-corrected chi connectivity index (χ2v) is 16.3. The summed E-state index contributed by atoms with van der Waals surface area (Å²) in [5, 5.41) is 11.3. The van der Waals surface area contributed by atoms with E-state index >= 15 is 0 Å². The Morgan fingerprint density at radius 3 is 0.873 bits per heavy atom. The number of ether oxygens (including phenoxy) is 3. The second-order valence-electron chi connectivity index (χ2n) is 15.9. The minimum absolute atomic E-state index is 0.152. The van der Waals surface area contributed by atoms with Crippen LogP contribution < -0.4 is 0 Å². The quantitative estimate of drug-likeness (QED) is 0.0284. The number of esters is 3. The van der Waals surface area contributed by atoms with Crippen LogP contribution in [0.3, 0.4) is 0 Å². The summed E-state index contributed by atoms with van der Waals surface area (Å²) in [6.07, 6.45) is 37.5. The van der Waals surface area contributed by atoms with E-state index in [9.17, 15) is 19.5 Å². The van der Waals surface area contributed by atoms with Gasteiger partial charge in [-0.05, 0) is 25.7 Å². The third-order valence-electron chi connectivity index (χ3n) is 10.2. The van der Waals surface area contributed by atoms with Crippen molar-refractivity contribution in [3.8, 4) is 0 Å². The summed E-state index contributed by atoms with van der Waals surface area (Å²) in [5.41, 5.74) is -2.29. The van der Waals surface area contributed by atoms with Gasteiger partial charge in [-0.25, -0.2) is 4.79 Å². The molecule has 0 aliphatic heterocycles. The first-order valence-corrected chi connectivity index (χ1v) is 24.1. The Morgan fingerprint density at radius 1 is 0.382 bits per heavy atom. The zero-order valence-corrected chi connectivity index (χ0v) is 37.6. The van der Waals surface area contributed by atoms with Crippen molar-refractivity contribution in [2.75, 3.05) is 25.7 Å². The molecular formula is C47H91ClO7. The number of unbranched alkanes of at least 4 members (excludes halogenated alkanes) is 29. The number of carbonyl (C=O) groups excluding carboxylic acids is 3. The molecule has 0 spiro atoms. The van der Waals surface area contributed by atoms with Crippen molar-refractivity contribution in [2.45, 2.75) is 258 Å². The summed E-state index contributed by atoms with van der Waals surface area (Å²) in [4.78, 5) is 38.4. The molecule has 0 atom stereocenters. The van der Waals surface area contributed by atoms with Crippen LogP contribution in [0.1, 0.15) is 252 Å². The maximum Gasteiger partial charge on any atom is 0.339 e. The Bertz CT molecular complexity index is 777. The van der Waals surface area contributed by atoms with Crippen molar-refractivity contribution in [3.05, 3.63) is 0 Å². The fraction of sp³-hybridized carbons (Fsp3) is 0.936. The van der Waals surface area contributed by atoms with E-state index in [0.717, 1.165) is 57.2 Å². The molecule has 0 aliphatic carbocycles. The van der Waals surface area contributed by atoms with Gasteiger partial charge in [-0.3, -0.25) is 9.59 Å². The normalized spacial score (nSPS) is 11.2. The highest BCUT2D eigenvalue weighted by molar-refractivity contribution is 6.17. The van der Waals surface area contributed by atoms with Crippen molar-refractivity contribution in [1.29, 1.82) is 0 Å². The van der Waals surface area contributed by atoms with Gasteiger partial charge in [0.1, 0.15) is 0 Å². The zero-order chi connectivity index (χ0) is 40.9. The Labute approximate surface area is 345 Å². The first-order chi connectivity index (χ1) is 26.8. The highest BCUT2D eigenvalue weighted by atomic mass is 35.5. The lowest BCUT2D eigenvalue weighted by Gasteiger charge is -2.24. The lowest BCUT2D eigenvalue weighted by molar-refractivity contribution is -0.178. The molecule has 0 aromatic carbocycles. The first kappa shape index (κ1) is 55.8. The van der Waals surface area contributed by atoms with E-state index in [1.54, 1.807) is 0 Å². The highest BCUT2D eigenvalue weighted by Gasteiger charge is 2.43. The average Bonchev–Trinajstić information content (AvgIpc) is 3.17. The van der Waals surface area contributed by atoms with Gasteiger partial charge in [0.25, 0.3) is 0 Å². The summed E-state index contributed by atoms with van der Waals surface area (Å²) in [5.74, 6) is -1.52. The van der Waals surface area contributed by atoms with Crippen molar-refractivity contribution in [3.63, 3.8) is 0 Å². The van der Waals surface area contributed by atoms with Gasteiger partial charge in [0.05, 0.1) is 32.7 Å². The monoisotopic (exact) mass is 803 g/mol. The maximum absolute atomic E-state index is 13.0. The van der Waals surface area contributed by atoms with Gasteiger partial charge in [-0.15, -0.1) is 11.6 Å². The number of hydrogen-bond donors (Lipinski definition) is 1. The molecule has 0 rings (SSSR count). The molecule has 0 unspecified atom stereocenters. The van der Waals surface area contributed by atoms with E-state index in [0.29, 0.717) is 6.42 Å². The SMILES string of the molecule is CCCCCCCCCCCCOC(=O)CC(O)(CC(=O)OCCCCCCCCCCCC)C(=O)OCCCCCCCCCCCC.CCCCCCl. The molecule has 0 amide bonds. The molecule has 0 aromatic rings. The fourth-order valence-electron chi connectivity index (χ4n) is 6.57. The third-order valence-corrected chi connectivity index (χ3v) is 10.5. The van der Waals surface area contributed by atoms with E-state index < -0.39 is 36.4 Å². The Hall–Kier alpha value is -1.34. The van der Waals surface area contributed by atoms with Crippen molar-refractivity contribution in [1.82, 2.24) is 0 Å². The van der Waals surface area contributed by atoms with Crippen LogP contribution >= 0.6 is 11.6 Å². The molecule has 0 bridgehead atoms. The van der Waals surface area contributed by atoms with Crippen LogP contribution in [0.4, 0.5) is 0 Å². The van der Waals surface area contributed by atoms with Crippen molar-refractivity contribution in [2.24, 2.45) is 0 Å². The van der Waals surface area contributed by atoms with Crippen LogP contribution in [0.15, 0.2) is 0 Å².